The van der Waals surface area contributed by atoms with Crippen molar-refractivity contribution in [1.82, 2.24) is 0 Å². The van der Waals surface area contributed by atoms with Crippen LogP contribution in [-0.2, 0) is 28.6 Å². The highest BCUT2D eigenvalue weighted by molar-refractivity contribution is 5.71. The Morgan fingerprint density at radius 3 is 1.06 bits per heavy atom. The summed E-state index contributed by atoms with van der Waals surface area (Å²) in [6.45, 7) is 11.3. The molecule has 0 aromatic heterocycles. The maximum atomic E-state index is 12.7. The molecule has 0 aliphatic carbocycles. The molecule has 0 bridgehead atoms. The maximum Gasteiger partial charge on any atom is 0.306 e. The molecule has 0 amide bonds. The number of hydrogen-bond acceptors (Lipinski definition) is 6. The van der Waals surface area contributed by atoms with Crippen LogP contribution in [-0.4, -0.2) is 37.2 Å². The predicted molar refractivity (Wildman–Crippen MR) is 229 cm³/mol. The SMILES string of the molecule is CCCCCCCCCCCCCCCCCC(=O)OC[C@@H](COC(=O)CCCCCCCCC(C)C)OC(=O)CCCCCCCCCCC(C)CC. The van der Waals surface area contributed by atoms with E-state index in [1.807, 2.05) is 0 Å². The summed E-state index contributed by atoms with van der Waals surface area (Å²) in [5.41, 5.74) is 0. The van der Waals surface area contributed by atoms with Crippen molar-refractivity contribution in [3.8, 4) is 0 Å². The molecule has 0 heterocycles. The second-order valence-corrected chi connectivity index (χ2v) is 17.1. The number of unbranched alkanes of at least 4 members (excludes halogenated alkanes) is 26. The molecule has 0 saturated heterocycles. The largest absolute Gasteiger partial charge is 0.462 e. The van der Waals surface area contributed by atoms with Gasteiger partial charge in [-0.3, -0.25) is 14.4 Å². The zero-order chi connectivity index (χ0) is 39.7. The van der Waals surface area contributed by atoms with Crippen molar-refractivity contribution >= 4 is 17.9 Å². The minimum absolute atomic E-state index is 0.0655. The van der Waals surface area contributed by atoms with Crippen LogP contribution in [0.15, 0.2) is 0 Å². The van der Waals surface area contributed by atoms with E-state index in [2.05, 4.69) is 34.6 Å². The zero-order valence-corrected chi connectivity index (χ0v) is 36.8. The lowest BCUT2D eigenvalue weighted by Crippen LogP contribution is -2.30. The molecule has 0 spiro atoms. The Hall–Kier alpha value is -1.59. The third-order valence-electron chi connectivity index (χ3n) is 11.1. The van der Waals surface area contributed by atoms with Gasteiger partial charge >= 0.3 is 17.9 Å². The summed E-state index contributed by atoms with van der Waals surface area (Å²) in [5, 5.41) is 0. The van der Waals surface area contributed by atoms with Gasteiger partial charge < -0.3 is 14.2 Å². The van der Waals surface area contributed by atoms with Crippen molar-refractivity contribution in [1.29, 1.82) is 0 Å². The van der Waals surface area contributed by atoms with Crippen LogP contribution in [0, 0.1) is 11.8 Å². The van der Waals surface area contributed by atoms with E-state index < -0.39 is 6.10 Å². The molecule has 6 nitrogen and oxygen atoms in total. The molecule has 0 aliphatic rings. The first kappa shape index (κ1) is 52.4. The summed E-state index contributed by atoms with van der Waals surface area (Å²) in [4.78, 5) is 37.7. The maximum absolute atomic E-state index is 12.7. The Bertz CT molecular complexity index is 826. The van der Waals surface area contributed by atoms with Crippen LogP contribution in [0.25, 0.3) is 0 Å². The minimum atomic E-state index is -0.761. The summed E-state index contributed by atoms with van der Waals surface area (Å²) in [5.74, 6) is 0.748. The van der Waals surface area contributed by atoms with Gasteiger partial charge in [-0.15, -0.1) is 0 Å². The first-order valence-electron chi connectivity index (χ1n) is 23.8. The van der Waals surface area contributed by atoms with Crippen LogP contribution in [0.4, 0.5) is 0 Å². The highest BCUT2D eigenvalue weighted by atomic mass is 16.6. The van der Waals surface area contributed by atoms with E-state index in [1.165, 1.54) is 148 Å². The summed E-state index contributed by atoms with van der Waals surface area (Å²) in [6, 6.07) is 0. The van der Waals surface area contributed by atoms with Gasteiger partial charge in [-0.2, -0.15) is 0 Å². The Morgan fingerprint density at radius 2 is 0.704 bits per heavy atom. The molecule has 0 aliphatic heterocycles. The Labute approximate surface area is 336 Å². The highest BCUT2D eigenvalue weighted by Gasteiger charge is 2.19. The van der Waals surface area contributed by atoms with Crippen LogP contribution in [0.3, 0.4) is 0 Å². The van der Waals surface area contributed by atoms with Gasteiger partial charge in [0, 0.05) is 19.3 Å². The molecule has 0 saturated carbocycles. The van der Waals surface area contributed by atoms with Crippen LogP contribution in [0.2, 0.25) is 0 Å². The van der Waals surface area contributed by atoms with Crippen molar-refractivity contribution < 1.29 is 28.6 Å². The fourth-order valence-electron chi connectivity index (χ4n) is 7.07. The van der Waals surface area contributed by atoms with Gasteiger partial charge in [0.25, 0.3) is 0 Å². The molecule has 1 unspecified atom stereocenters. The molecule has 0 aromatic rings. The van der Waals surface area contributed by atoms with E-state index in [9.17, 15) is 14.4 Å². The standard InChI is InChI=1S/C48H92O6/c1-6-8-9-10-11-12-13-14-15-16-17-18-22-28-33-38-46(49)52-41-45(42-53-47(50)39-34-29-25-24-26-31-36-43(3)4)54-48(51)40-35-30-23-20-19-21-27-32-37-44(5)7-2/h43-45H,6-42H2,1-5H3/t44?,45-/m0/s1. The summed E-state index contributed by atoms with van der Waals surface area (Å²) in [6.07, 6.45) is 39.5. The zero-order valence-electron chi connectivity index (χ0n) is 36.8. The third kappa shape index (κ3) is 40.1. The molecule has 54 heavy (non-hydrogen) atoms. The number of rotatable bonds is 42. The number of ether oxygens (including phenoxy) is 3. The Balaban J connectivity index is 4.30. The number of carbonyl (C=O) groups is 3. The van der Waals surface area contributed by atoms with Crippen LogP contribution < -0.4 is 0 Å². The fourth-order valence-corrected chi connectivity index (χ4v) is 7.07. The third-order valence-corrected chi connectivity index (χ3v) is 11.1. The number of esters is 3. The smallest absolute Gasteiger partial charge is 0.306 e. The molecule has 0 aromatic carbocycles. The monoisotopic (exact) mass is 765 g/mol. The van der Waals surface area contributed by atoms with E-state index in [0.29, 0.717) is 19.3 Å². The van der Waals surface area contributed by atoms with Gasteiger partial charge in [-0.1, -0.05) is 221 Å². The molecule has 0 N–H and O–H groups in total. The van der Waals surface area contributed by atoms with Crippen molar-refractivity contribution in [2.45, 2.75) is 265 Å². The molecule has 0 fully saturated rings. The van der Waals surface area contributed by atoms with Crippen molar-refractivity contribution in [3.63, 3.8) is 0 Å². The fraction of sp³-hybridized carbons (Fsp3) is 0.938. The summed E-state index contributed by atoms with van der Waals surface area (Å²) < 4.78 is 16.7. The molecule has 0 radical (unpaired) electrons. The van der Waals surface area contributed by atoms with E-state index in [0.717, 1.165) is 69.6 Å². The van der Waals surface area contributed by atoms with Crippen LogP contribution >= 0.6 is 0 Å². The lowest BCUT2D eigenvalue weighted by Gasteiger charge is -2.18. The molecular weight excluding hydrogens is 673 g/mol. The van der Waals surface area contributed by atoms with E-state index >= 15 is 0 Å². The van der Waals surface area contributed by atoms with E-state index in [-0.39, 0.29) is 31.1 Å². The minimum Gasteiger partial charge on any atom is -0.462 e. The van der Waals surface area contributed by atoms with Crippen molar-refractivity contribution in [2.75, 3.05) is 13.2 Å². The van der Waals surface area contributed by atoms with Crippen LogP contribution in [0.1, 0.15) is 259 Å². The number of carbonyl (C=O) groups excluding carboxylic acids is 3. The quantitative estimate of drug-likeness (QED) is 0.0350. The van der Waals surface area contributed by atoms with Gasteiger partial charge in [0.15, 0.2) is 6.10 Å². The van der Waals surface area contributed by atoms with Gasteiger partial charge in [-0.25, -0.2) is 0 Å². The summed E-state index contributed by atoms with van der Waals surface area (Å²) in [7, 11) is 0. The molecule has 0 rings (SSSR count). The lowest BCUT2D eigenvalue weighted by molar-refractivity contribution is -0.167. The van der Waals surface area contributed by atoms with Gasteiger partial charge in [0.1, 0.15) is 13.2 Å². The first-order valence-corrected chi connectivity index (χ1v) is 23.8. The average Bonchev–Trinajstić information content (AvgIpc) is 3.15. The second kappa shape index (κ2) is 41.1. The average molecular weight is 765 g/mol. The topological polar surface area (TPSA) is 78.9 Å². The summed E-state index contributed by atoms with van der Waals surface area (Å²) >= 11 is 0. The molecular formula is C48H92O6. The Morgan fingerprint density at radius 1 is 0.389 bits per heavy atom. The lowest BCUT2D eigenvalue weighted by atomic mass is 9.99. The van der Waals surface area contributed by atoms with Gasteiger partial charge in [0.05, 0.1) is 0 Å². The van der Waals surface area contributed by atoms with Gasteiger partial charge in [0.2, 0.25) is 0 Å². The van der Waals surface area contributed by atoms with Crippen molar-refractivity contribution in [2.24, 2.45) is 11.8 Å². The number of hydrogen-bond donors (Lipinski definition) is 0. The molecule has 320 valence electrons. The Kier molecular flexibility index (Phi) is 39.8. The molecule has 6 heteroatoms. The van der Waals surface area contributed by atoms with Crippen LogP contribution in [0.5, 0.6) is 0 Å². The second-order valence-electron chi connectivity index (χ2n) is 17.1. The van der Waals surface area contributed by atoms with E-state index in [1.54, 1.807) is 0 Å². The first-order chi connectivity index (χ1) is 26.3. The van der Waals surface area contributed by atoms with E-state index in [4.69, 9.17) is 14.2 Å². The predicted octanol–water partition coefficient (Wildman–Crippen LogP) is 15.0. The normalized spacial score (nSPS) is 12.6. The van der Waals surface area contributed by atoms with Gasteiger partial charge in [-0.05, 0) is 31.1 Å². The highest BCUT2D eigenvalue weighted by Crippen LogP contribution is 2.17. The van der Waals surface area contributed by atoms with Crippen molar-refractivity contribution in [3.05, 3.63) is 0 Å². The molecule has 2 atom stereocenters.